The molecule has 1 aromatic heterocycles. The van der Waals surface area contributed by atoms with E-state index in [0.29, 0.717) is 17.9 Å². The summed E-state index contributed by atoms with van der Waals surface area (Å²) in [5, 5.41) is 1.10. The van der Waals surface area contributed by atoms with E-state index < -0.39 is 0 Å². The minimum atomic E-state index is 0.234. The molecule has 4 nitrogen and oxygen atoms in total. The molecule has 2 aromatic rings. The van der Waals surface area contributed by atoms with Crippen LogP contribution in [-0.2, 0) is 13.5 Å². The zero-order valence-corrected chi connectivity index (χ0v) is 11.4. The fourth-order valence-electron chi connectivity index (χ4n) is 2.99. The van der Waals surface area contributed by atoms with Gasteiger partial charge in [0.15, 0.2) is 17.3 Å². The Morgan fingerprint density at radius 3 is 2.47 bits per heavy atom. The molecule has 0 amide bonds. The van der Waals surface area contributed by atoms with Crippen molar-refractivity contribution in [2.75, 3.05) is 14.2 Å². The van der Waals surface area contributed by atoms with E-state index in [1.54, 1.807) is 14.2 Å². The smallest absolute Gasteiger partial charge is 0.179 e. The number of carbonyl (C=O) groups is 1. The minimum absolute atomic E-state index is 0.234. The van der Waals surface area contributed by atoms with Gasteiger partial charge in [-0.05, 0) is 24.5 Å². The maximum absolute atomic E-state index is 12.1. The van der Waals surface area contributed by atoms with Crippen LogP contribution in [-0.4, -0.2) is 24.6 Å². The van der Waals surface area contributed by atoms with Crippen LogP contribution in [0.3, 0.4) is 0 Å². The number of benzene rings is 1. The number of hydrogen-bond acceptors (Lipinski definition) is 3. The molecule has 0 atom stereocenters. The number of methoxy groups -OCH3 is 2. The molecule has 0 bridgehead atoms. The zero-order valence-electron chi connectivity index (χ0n) is 11.4. The highest BCUT2D eigenvalue weighted by Crippen LogP contribution is 2.38. The quantitative estimate of drug-likeness (QED) is 0.832. The van der Waals surface area contributed by atoms with Gasteiger partial charge >= 0.3 is 0 Å². The first kappa shape index (κ1) is 12.1. The van der Waals surface area contributed by atoms with Gasteiger partial charge in [-0.3, -0.25) is 4.79 Å². The second-order valence-corrected chi connectivity index (χ2v) is 4.89. The Bertz CT molecular complexity index is 670. The Morgan fingerprint density at radius 2 is 1.79 bits per heavy atom. The van der Waals surface area contributed by atoms with E-state index in [-0.39, 0.29) is 5.78 Å². The molecule has 4 heteroatoms. The van der Waals surface area contributed by atoms with Crippen LogP contribution in [0.15, 0.2) is 12.1 Å². The van der Waals surface area contributed by atoms with Gasteiger partial charge in [-0.25, -0.2) is 0 Å². The van der Waals surface area contributed by atoms with Gasteiger partial charge in [0, 0.05) is 24.9 Å². The van der Waals surface area contributed by atoms with Crippen LogP contribution in [0.1, 0.15) is 28.9 Å². The Kier molecular flexibility index (Phi) is 2.73. The molecule has 0 radical (unpaired) electrons. The Hall–Kier alpha value is -1.97. The SMILES string of the molecule is COc1cc2c3c(n(C)c2cc1OC)C(=O)CCC3. The number of carbonyl (C=O) groups excluding carboxylic acids is 1. The molecular weight excluding hydrogens is 242 g/mol. The summed E-state index contributed by atoms with van der Waals surface area (Å²) in [7, 11) is 5.19. The van der Waals surface area contributed by atoms with Crippen molar-refractivity contribution in [1.82, 2.24) is 4.57 Å². The standard InChI is InChI=1S/C15H17NO3/c1-16-11-8-14(19-3)13(18-2)7-10(11)9-5-4-6-12(17)15(9)16/h7-8H,4-6H2,1-3H3. The first-order chi connectivity index (χ1) is 9.17. The van der Waals surface area contributed by atoms with E-state index in [9.17, 15) is 4.79 Å². The summed E-state index contributed by atoms with van der Waals surface area (Å²) in [5.41, 5.74) is 3.02. The van der Waals surface area contributed by atoms with Crippen LogP contribution in [0.4, 0.5) is 0 Å². The number of rotatable bonds is 2. The van der Waals surface area contributed by atoms with Gasteiger partial charge < -0.3 is 14.0 Å². The molecule has 0 spiro atoms. The monoisotopic (exact) mass is 259 g/mol. The van der Waals surface area contributed by atoms with Gasteiger partial charge in [0.05, 0.1) is 25.4 Å². The first-order valence-corrected chi connectivity index (χ1v) is 6.44. The van der Waals surface area contributed by atoms with Crippen molar-refractivity contribution in [3.05, 3.63) is 23.4 Å². The fraction of sp³-hybridized carbons (Fsp3) is 0.400. The second-order valence-electron chi connectivity index (χ2n) is 4.89. The lowest BCUT2D eigenvalue weighted by Gasteiger charge is -2.11. The number of aryl methyl sites for hydroxylation is 2. The van der Waals surface area contributed by atoms with Crippen LogP contribution >= 0.6 is 0 Å². The average Bonchev–Trinajstić information content (AvgIpc) is 2.71. The van der Waals surface area contributed by atoms with Crippen molar-refractivity contribution < 1.29 is 14.3 Å². The maximum Gasteiger partial charge on any atom is 0.179 e. The van der Waals surface area contributed by atoms with E-state index in [4.69, 9.17) is 9.47 Å². The molecule has 19 heavy (non-hydrogen) atoms. The summed E-state index contributed by atoms with van der Waals surface area (Å²) in [6.45, 7) is 0. The molecule has 0 fully saturated rings. The topological polar surface area (TPSA) is 40.5 Å². The predicted octanol–water partition coefficient (Wildman–Crippen LogP) is 2.71. The van der Waals surface area contributed by atoms with Gasteiger partial charge in [-0.1, -0.05) is 0 Å². The Morgan fingerprint density at radius 1 is 1.11 bits per heavy atom. The zero-order chi connectivity index (χ0) is 13.6. The van der Waals surface area contributed by atoms with E-state index in [1.165, 1.54) is 0 Å². The van der Waals surface area contributed by atoms with Crippen LogP contribution in [0.5, 0.6) is 11.5 Å². The normalized spacial score (nSPS) is 14.6. The highest BCUT2D eigenvalue weighted by atomic mass is 16.5. The number of ketones is 1. The van der Waals surface area contributed by atoms with Crippen molar-refractivity contribution in [3.63, 3.8) is 0 Å². The lowest BCUT2D eigenvalue weighted by molar-refractivity contribution is 0.0965. The predicted molar refractivity (Wildman–Crippen MR) is 73.3 cm³/mol. The van der Waals surface area contributed by atoms with Gasteiger partial charge in [0.25, 0.3) is 0 Å². The highest BCUT2D eigenvalue weighted by Gasteiger charge is 2.25. The number of nitrogens with zero attached hydrogens (tertiary/aromatic N) is 1. The van der Waals surface area contributed by atoms with Gasteiger partial charge in [-0.2, -0.15) is 0 Å². The largest absolute Gasteiger partial charge is 0.493 e. The molecular formula is C15H17NO3. The molecule has 0 aliphatic heterocycles. The molecule has 1 heterocycles. The summed E-state index contributed by atoms with van der Waals surface area (Å²) in [6.07, 6.45) is 2.53. The average molecular weight is 259 g/mol. The molecule has 0 saturated carbocycles. The van der Waals surface area contributed by atoms with Gasteiger partial charge in [-0.15, -0.1) is 0 Å². The number of hydrogen-bond donors (Lipinski definition) is 0. The van der Waals surface area contributed by atoms with Crippen LogP contribution in [0.2, 0.25) is 0 Å². The Labute approximate surface area is 111 Å². The molecule has 1 aromatic carbocycles. The lowest BCUT2D eigenvalue weighted by atomic mass is 9.94. The molecule has 3 rings (SSSR count). The molecule has 1 aliphatic rings. The minimum Gasteiger partial charge on any atom is -0.493 e. The number of fused-ring (bicyclic) bond motifs is 3. The number of aromatic nitrogens is 1. The van der Waals surface area contributed by atoms with Crippen molar-refractivity contribution >= 4 is 16.7 Å². The van der Waals surface area contributed by atoms with Crippen LogP contribution in [0.25, 0.3) is 10.9 Å². The Balaban J connectivity index is 2.36. The summed E-state index contributed by atoms with van der Waals surface area (Å²) in [6, 6.07) is 3.92. The third-order valence-corrected chi connectivity index (χ3v) is 3.90. The molecule has 100 valence electrons. The highest BCUT2D eigenvalue weighted by molar-refractivity contribution is 6.04. The van der Waals surface area contributed by atoms with E-state index in [0.717, 1.165) is 35.0 Å². The van der Waals surface area contributed by atoms with Crippen LogP contribution in [0, 0.1) is 0 Å². The number of ether oxygens (including phenoxy) is 2. The van der Waals surface area contributed by atoms with Crippen LogP contribution < -0.4 is 9.47 Å². The summed E-state index contributed by atoms with van der Waals surface area (Å²) in [5.74, 6) is 1.64. The molecule has 1 aliphatic carbocycles. The first-order valence-electron chi connectivity index (χ1n) is 6.44. The van der Waals surface area contributed by atoms with Crippen molar-refractivity contribution in [3.8, 4) is 11.5 Å². The molecule has 0 saturated heterocycles. The van der Waals surface area contributed by atoms with Crippen molar-refractivity contribution in [2.24, 2.45) is 7.05 Å². The van der Waals surface area contributed by atoms with E-state index in [2.05, 4.69) is 0 Å². The second kappa shape index (κ2) is 4.30. The third-order valence-electron chi connectivity index (χ3n) is 3.90. The summed E-state index contributed by atoms with van der Waals surface area (Å²) >= 11 is 0. The lowest BCUT2D eigenvalue weighted by Crippen LogP contribution is -2.13. The maximum atomic E-state index is 12.1. The van der Waals surface area contributed by atoms with Crippen molar-refractivity contribution in [2.45, 2.75) is 19.3 Å². The summed E-state index contributed by atoms with van der Waals surface area (Å²) < 4.78 is 12.7. The third kappa shape index (κ3) is 1.63. The van der Waals surface area contributed by atoms with Gasteiger partial charge in [0.2, 0.25) is 0 Å². The van der Waals surface area contributed by atoms with E-state index >= 15 is 0 Å². The summed E-state index contributed by atoms with van der Waals surface area (Å²) in [4.78, 5) is 12.1. The molecule has 0 unspecified atom stereocenters. The van der Waals surface area contributed by atoms with Crippen molar-refractivity contribution in [1.29, 1.82) is 0 Å². The van der Waals surface area contributed by atoms with E-state index in [1.807, 2.05) is 23.7 Å². The van der Waals surface area contributed by atoms with Gasteiger partial charge in [0.1, 0.15) is 0 Å². The molecule has 0 N–H and O–H groups in total. The fourth-order valence-corrected chi connectivity index (χ4v) is 2.99. The number of Topliss-reactive ketones (excluding diaryl/α,β-unsaturated/α-hetero) is 1.